The first kappa shape index (κ1) is 16.5. The molecule has 1 amide bonds. The number of hydrogen-bond acceptors (Lipinski definition) is 3. The summed E-state index contributed by atoms with van der Waals surface area (Å²) in [7, 11) is 0. The Morgan fingerprint density at radius 1 is 1.45 bits per heavy atom. The molecule has 0 fully saturated rings. The normalized spacial score (nSPS) is 14.7. The van der Waals surface area contributed by atoms with Crippen molar-refractivity contribution in [2.75, 3.05) is 0 Å². The second kappa shape index (κ2) is 6.77. The van der Waals surface area contributed by atoms with Crippen molar-refractivity contribution in [3.05, 3.63) is 18.2 Å². The smallest absolute Gasteiger partial charge is 0.408 e. The van der Waals surface area contributed by atoms with Gasteiger partial charge in [-0.05, 0) is 41.0 Å². The van der Waals surface area contributed by atoms with E-state index in [0.717, 1.165) is 18.5 Å². The molecule has 1 heterocycles. The monoisotopic (exact) mass is 281 g/mol. The van der Waals surface area contributed by atoms with E-state index in [1.165, 1.54) is 0 Å². The second-order valence-corrected chi connectivity index (χ2v) is 6.23. The molecule has 5 nitrogen and oxygen atoms in total. The Bertz CT molecular complexity index is 435. The maximum absolute atomic E-state index is 11.8. The number of aromatic nitrogens is 2. The summed E-state index contributed by atoms with van der Waals surface area (Å²) in [6.45, 7) is 11.8. The number of rotatable bonds is 5. The third-order valence-electron chi connectivity index (χ3n) is 3.05. The molecule has 0 bridgehead atoms. The van der Waals surface area contributed by atoms with Gasteiger partial charge >= 0.3 is 6.09 Å². The van der Waals surface area contributed by atoms with Crippen molar-refractivity contribution in [3.63, 3.8) is 0 Å². The van der Waals surface area contributed by atoms with E-state index in [-0.39, 0.29) is 6.04 Å². The average Bonchev–Trinajstić information content (AvgIpc) is 2.75. The summed E-state index contributed by atoms with van der Waals surface area (Å²) in [5.74, 6) is 0. The van der Waals surface area contributed by atoms with E-state index in [1.54, 1.807) is 6.20 Å². The molecule has 114 valence electrons. The van der Waals surface area contributed by atoms with Gasteiger partial charge in [0.25, 0.3) is 0 Å². The molecule has 1 N–H and O–H groups in total. The Morgan fingerprint density at radius 2 is 2.10 bits per heavy atom. The summed E-state index contributed by atoms with van der Waals surface area (Å²) in [4.78, 5) is 16.0. The molecular weight excluding hydrogens is 254 g/mol. The molecule has 0 spiro atoms. The van der Waals surface area contributed by atoms with Crippen LogP contribution < -0.4 is 5.32 Å². The van der Waals surface area contributed by atoms with Crippen molar-refractivity contribution < 1.29 is 9.53 Å². The lowest BCUT2D eigenvalue weighted by Gasteiger charge is -2.23. The average molecular weight is 281 g/mol. The number of ether oxygens (including phenoxy) is 1. The first-order chi connectivity index (χ1) is 9.24. The Hall–Kier alpha value is -1.52. The molecule has 0 saturated heterocycles. The van der Waals surface area contributed by atoms with Crippen LogP contribution in [0, 0.1) is 0 Å². The van der Waals surface area contributed by atoms with Crippen molar-refractivity contribution in [3.8, 4) is 0 Å². The highest BCUT2D eigenvalue weighted by atomic mass is 16.6. The molecule has 5 heteroatoms. The van der Waals surface area contributed by atoms with Crippen LogP contribution in [0.5, 0.6) is 0 Å². The number of nitrogens with zero attached hydrogens (tertiary/aromatic N) is 2. The number of amides is 1. The molecule has 1 aromatic rings. The van der Waals surface area contributed by atoms with Crippen LogP contribution in [0.3, 0.4) is 0 Å². The fourth-order valence-electron chi connectivity index (χ4n) is 2.13. The van der Waals surface area contributed by atoms with Crippen LogP contribution in [0.1, 0.15) is 72.2 Å². The zero-order valence-electron chi connectivity index (χ0n) is 13.4. The molecule has 0 radical (unpaired) electrons. The Morgan fingerprint density at radius 3 is 2.65 bits per heavy atom. The molecule has 1 rings (SSSR count). The van der Waals surface area contributed by atoms with E-state index in [2.05, 4.69) is 28.7 Å². The minimum Gasteiger partial charge on any atom is -0.444 e. The largest absolute Gasteiger partial charge is 0.444 e. The fraction of sp³-hybridized carbons (Fsp3) is 0.733. The highest BCUT2D eigenvalue weighted by Crippen LogP contribution is 2.20. The molecule has 0 aromatic carbocycles. The second-order valence-electron chi connectivity index (χ2n) is 6.23. The van der Waals surface area contributed by atoms with Gasteiger partial charge in [-0.3, -0.25) is 0 Å². The van der Waals surface area contributed by atoms with Crippen molar-refractivity contribution in [1.82, 2.24) is 14.9 Å². The molecule has 2 atom stereocenters. The van der Waals surface area contributed by atoms with Gasteiger partial charge in [0.15, 0.2) is 0 Å². The van der Waals surface area contributed by atoms with Crippen molar-refractivity contribution in [2.45, 2.75) is 72.1 Å². The molecule has 1 aromatic heterocycles. The summed E-state index contributed by atoms with van der Waals surface area (Å²) in [5.41, 5.74) is 0.510. The van der Waals surface area contributed by atoms with Crippen LogP contribution in [0.25, 0.3) is 0 Å². The zero-order chi connectivity index (χ0) is 15.3. The third-order valence-corrected chi connectivity index (χ3v) is 3.05. The fourth-order valence-corrected chi connectivity index (χ4v) is 2.13. The number of carbonyl (C=O) groups excluding carboxylic acids is 1. The summed E-state index contributed by atoms with van der Waals surface area (Å²) in [5, 5.41) is 2.85. The van der Waals surface area contributed by atoms with Crippen LogP contribution in [0.2, 0.25) is 0 Å². The lowest BCUT2D eigenvalue weighted by atomic mass is 10.1. The summed E-state index contributed by atoms with van der Waals surface area (Å²) >= 11 is 0. The van der Waals surface area contributed by atoms with E-state index in [4.69, 9.17) is 4.74 Å². The summed E-state index contributed by atoms with van der Waals surface area (Å²) in [6.07, 6.45) is 5.42. The lowest BCUT2D eigenvalue weighted by Crippen LogP contribution is -2.34. The van der Waals surface area contributed by atoms with Crippen molar-refractivity contribution >= 4 is 6.09 Å². The van der Waals surface area contributed by atoms with E-state index < -0.39 is 11.7 Å². The van der Waals surface area contributed by atoms with Gasteiger partial charge in [-0.2, -0.15) is 0 Å². The van der Waals surface area contributed by atoms with Crippen LogP contribution in [-0.2, 0) is 4.74 Å². The summed E-state index contributed by atoms with van der Waals surface area (Å²) in [6, 6.07) is 0.243. The van der Waals surface area contributed by atoms with E-state index in [9.17, 15) is 4.79 Å². The van der Waals surface area contributed by atoms with Gasteiger partial charge in [0.2, 0.25) is 0 Å². The highest BCUT2D eigenvalue weighted by molar-refractivity contribution is 5.68. The van der Waals surface area contributed by atoms with Gasteiger partial charge in [0, 0.05) is 6.04 Å². The molecule has 0 aliphatic heterocycles. The minimum absolute atomic E-state index is 0.133. The Balaban J connectivity index is 2.71. The van der Waals surface area contributed by atoms with E-state index in [1.807, 2.05) is 34.0 Å². The molecule has 1 unspecified atom stereocenters. The van der Waals surface area contributed by atoms with Crippen molar-refractivity contribution in [1.29, 1.82) is 0 Å². The zero-order valence-corrected chi connectivity index (χ0v) is 13.4. The predicted octanol–water partition coefficient (Wildman–Crippen LogP) is 3.83. The van der Waals surface area contributed by atoms with Gasteiger partial charge < -0.3 is 14.6 Å². The molecule has 20 heavy (non-hydrogen) atoms. The first-order valence-corrected chi connectivity index (χ1v) is 7.25. The maximum atomic E-state index is 11.8. The summed E-state index contributed by atoms with van der Waals surface area (Å²) < 4.78 is 7.39. The standard InChI is InChI=1S/C15H27N3O2/c1-7-8-11(2)18-10-16-9-13(18)12(3)17-14(19)20-15(4,5)6/h9-12H,7-8H2,1-6H3,(H,17,19)/t11?,12-/m0/s1. The highest BCUT2D eigenvalue weighted by Gasteiger charge is 2.20. The quantitative estimate of drug-likeness (QED) is 0.892. The Kier molecular flexibility index (Phi) is 5.60. The number of hydrogen-bond donors (Lipinski definition) is 1. The molecule has 0 saturated carbocycles. The third kappa shape index (κ3) is 4.87. The number of nitrogens with one attached hydrogen (secondary N) is 1. The van der Waals surface area contributed by atoms with Gasteiger partial charge in [-0.15, -0.1) is 0 Å². The molecule has 0 aliphatic rings. The van der Waals surface area contributed by atoms with Crippen molar-refractivity contribution in [2.24, 2.45) is 0 Å². The van der Waals surface area contributed by atoms with Gasteiger partial charge in [0.05, 0.1) is 24.3 Å². The topological polar surface area (TPSA) is 56.2 Å². The van der Waals surface area contributed by atoms with E-state index >= 15 is 0 Å². The van der Waals surface area contributed by atoms with Crippen LogP contribution in [0.4, 0.5) is 4.79 Å². The van der Waals surface area contributed by atoms with Crippen LogP contribution in [-0.4, -0.2) is 21.2 Å². The van der Waals surface area contributed by atoms with E-state index in [0.29, 0.717) is 6.04 Å². The van der Waals surface area contributed by atoms with Gasteiger partial charge in [0.1, 0.15) is 5.60 Å². The molecule has 0 aliphatic carbocycles. The van der Waals surface area contributed by atoms with Crippen LogP contribution >= 0.6 is 0 Å². The Labute approximate surface area is 121 Å². The number of carbonyl (C=O) groups is 1. The van der Waals surface area contributed by atoms with Crippen LogP contribution in [0.15, 0.2) is 12.5 Å². The van der Waals surface area contributed by atoms with Gasteiger partial charge in [-0.1, -0.05) is 13.3 Å². The number of imidazole rings is 1. The lowest BCUT2D eigenvalue weighted by molar-refractivity contribution is 0.0505. The molecular formula is C15H27N3O2. The first-order valence-electron chi connectivity index (χ1n) is 7.25. The maximum Gasteiger partial charge on any atom is 0.408 e. The number of alkyl carbamates (subject to hydrolysis) is 1. The SMILES string of the molecule is CCCC(C)n1cncc1[C@H](C)NC(=O)OC(C)(C)C. The minimum atomic E-state index is -0.487. The predicted molar refractivity (Wildman–Crippen MR) is 79.6 cm³/mol. The van der Waals surface area contributed by atoms with Gasteiger partial charge in [-0.25, -0.2) is 9.78 Å².